The van der Waals surface area contributed by atoms with Crippen molar-refractivity contribution >= 4 is 53.1 Å². The summed E-state index contributed by atoms with van der Waals surface area (Å²) in [6.45, 7) is 4.56. The van der Waals surface area contributed by atoms with Crippen molar-refractivity contribution in [1.82, 2.24) is 9.97 Å². The third-order valence-corrected chi connectivity index (χ3v) is 11.2. The van der Waals surface area contributed by atoms with Crippen molar-refractivity contribution in [3.63, 3.8) is 0 Å². The normalized spacial score (nSPS) is 11.7. The Morgan fingerprint density at radius 1 is 0.462 bits per heavy atom. The van der Waals surface area contributed by atoms with Gasteiger partial charge >= 0.3 is 0 Å². The molecule has 5 aromatic rings. The fraction of sp³-hybridized carbons (Fsp3) is 0.471. The Balaban J connectivity index is 1.20. The SMILES string of the molecule is CCCCCCCCc1ccc(-c2nc3sc4nc(-c5ccc(CCCCCCCC)cc5)sc4c3s2)cc1. The lowest BCUT2D eigenvalue weighted by Gasteiger charge is -2.03. The molecule has 0 N–H and O–H groups in total. The Morgan fingerprint density at radius 3 is 1.26 bits per heavy atom. The van der Waals surface area contributed by atoms with E-state index in [0.717, 1.165) is 19.7 Å². The number of nitrogens with zero attached hydrogens (tertiary/aromatic N) is 2. The van der Waals surface area contributed by atoms with Gasteiger partial charge in [0, 0.05) is 11.1 Å². The maximum absolute atomic E-state index is 5.00. The zero-order chi connectivity index (χ0) is 26.9. The van der Waals surface area contributed by atoms with Crippen molar-refractivity contribution < 1.29 is 0 Å². The zero-order valence-corrected chi connectivity index (χ0v) is 26.1. The molecule has 3 heterocycles. The van der Waals surface area contributed by atoms with Crippen LogP contribution >= 0.6 is 34.0 Å². The van der Waals surface area contributed by atoms with Gasteiger partial charge in [-0.2, -0.15) is 0 Å². The number of fused-ring (bicyclic) bond motifs is 3. The molecule has 0 atom stereocenters. The predicted octanol–water partition coefficient (Wildman–Crippen LogP) is 12.1. The highest BCUT2D eigenvalue weighted by atomic mass is 32.1. The maximum atomic E-state index is 5.00. The lowest BCUT2D eigenvalue weighted by molar-refractivity contribution is 0.607. The van der Waals surface area contributed by atoms with Gasteiger partial charge in [-0.1, -0.05) is 138 Å². The highest BCUT2D eigenvalue weighted by molar-refractivity contribution is 7.39. The van der Waals surface area contributed by atoms with Crippen molar-refractivity contribution in [3.05, 3.63) is 59.7 Å². The lowest BCUT2D eigenvalue weighted by Crippen LogP contribution is -1.87. The van der Waals surface area contributed by atoms with Crippen molar-refractivity contribution in [2.24, 2.45) is 0 Å². The predicted molar refractivity (Wildman–Crippen MR) is 176 cm³/mol. The third-order valence-electron chi connectivity index (χ3n) is 7.63. The Kier molecular flexibility index (Phi) is 10.6. The number of hydrogen-bond acceptors (Lipinski definition) is 5. The first-order valence-corrected chi connectivity index (χ1v) is 17.6. The standard InChI is InChI=1S/C34H42N2S3/c1-3-5-7-9-11-13-15-25-17-21-27(22-18-25)31-35-33-29(37-31)30-34(39-33)36-32(38-30)28-23-19-26(20-24-28)16-14-12-10-8-6-4-2/h17-24H,3-16H2,1-2H3. The highest BCUT2D eigenvalue weighted by Crippen LogP contribution is 2.44. The van der Waals surface area contributed by atoms with E-state index < -0.39 is 0 Å². The van der Waals surface area contributed by atoms with E-state index in [1.807, 2.05) is 22.7 Å². The van der Waals surface area contributed by atoms with Crippen molar-refractivity contribution in [3.8, 4) is 21.1 Å². The molecular formula is C34H42N2S3. The van der Waals surface area contributed by atoms with Crippen LogP contribution < -0.4 is 0 Å². The smallest absolute Gasteiger partial charge is 0.138 e. The summed E-state index contributed by atoms with van der Waals surface area (Å²) in [5, 5.41) is 2.25. The number of aryl methyl sites for hydroxylation is 2. The van der Waals surface area contributed by atoms with E-state index >= 15 is 0 Å². The minimum absolute atomic E-state index is 1.12. The molecule has 0 spiro atoms. The van der Waals surface area contributed by atoms with Crippen LogP contribution in [0.3, 0.4) is 0 Å². The van der Waals surface area contributed by atoms with Gasteiger partial charge < -0.3 is 0 Å². The first-order chi connectivity index (χ1) is 19.2. The van der Waals surface area contributed by atoms with Gasteiger partial charge in [-0.3, -0.25) is 0 Å². The van der Waals surface area contributed by atoms with Gasteiger partial charge in [0.05, 0.1) is 9.40 Å². The molecule has 2 aromatic carbocycles. The van der Waals surface area contributed by atoms with E-state index in [-0.39, 0.29) is 0 Å². The summed E-state index contributed by atoms with van der Waals surface area (Å²) in [6, 6.07) is 18.2. The average molecular weight is 575 g/mol. The molecule has 0 amide bonds. The summed E-state index contributed by atoms with van der Waals surface area (Å²) >= 11 is 5.37. The number of rotatable bonds is 16. The van der Waals surface area contributed by atoms with Gasteiger partial charge in [0.25, 0.3) is 0 Å². The summed E-state index contributed by atoms with van der Waals surface area (Å²) < 4.78 is 2.59. The second-order valence-electron chi connectivity index (χ2n) is 10.8. The molecule has 5 rings (SSSR count). The van der Waals surface area contributed by atoms with Crippen LogP contribution in [0.25, 0.3) is 40.2 Å². The number of thiophene rings is 1. The molecule has 0 radical (unpaired) electrons. The van der Waals surface area contributed by atoms with Gasteiger partial charge in [-0.15, -0.1) is 22.7 Å². The Morgan fingerprint density at radius 2 is 0.846 bits per heavy atom. The minimum atomic E-state index is 1.12. The third kappa shape index (κ3) is 7.56. The first kappa shape index (κ1) is 28.4. The van der Waals surface area contributed by atoms with E-state index in [1.54, 1.807) is 11.3 Å². The number of unbranched alkanes of at least 4 members (excludes halogenated alkanes) is 10. The lowest BCUT2D eigenvalue weighted by atomic mass is 10.0. The van der Waals surface area contributed by atoms with Gasteiger partial charge in [0.15, 0.2) is 0 Å². The summed E-state index contributed by atoms with van der Waals surface area (Å²) in [5.74, 6) is 0. The minimum Gasteiger partial charge on any atom is -0.225 e. The van der Waals surface area contributed by atoms with Gasteiger partial charge in [-0.05, 0) is 36.8 Å². The van der Waals surface area contributed by atoms with Crippen molar-refractivity contribution in [2.75, 3.05) is 0 Å². The van der Waals surface area contributed by atoms with Gasteiger partial charge in [0.2, 0.25) is 0 Å². The topological polar surface area (TPSA) is 25.8 Å². The molecule has 206 valence electrons. The van der Waals surface area contributed by atoms with E-state index in [0.29, 0.717) is 0 Å². The van der Waals surface area contributed by atoms with E-state index in [2.05, 4.69) is 62.4 Å². The molecule has 0 unspecified atom stereocenters. The molecule has 2 nitrogen and oxygen atoms in total. The molecule has 39 heavy (non-hydrogen) atoms. The van der Waals surface area contributed by atoms with Crippen LogP contribution in [0.15, 0.2) is 48.5 Å². The molecule has 0 aliphatic carbocycles. The highest BCUT2D eigenvalue weighted by Gasteiger charge is 2.17. The Bertz CT molecular complexity index is 1310. The van der Waals surface area contributed by atoms with Crippen LogP contribution in [0.2, 0.25) is 0 Å². The number of thiazole rings is 2. The van der Waals surface area contributed by atoms with E-state index in [1.165, 1.54) is 122 Å². The molecule has 0 aliphatic rings. The molecule has 0 fully saturated rings. The monoisotopic (exact) mass is 574 g/mol. The molecular weight excluding hydrogens is 533 g/mol. The van der Waals surface area contributed by atoms with E-state index in [4.69, 9.17) is 9.97 Å². The van der Waals surface area contributed by atoms with Crippen LogP contribution in [-0.2, 0) is 12.8 Å². The van der Waals surface area contributed by atoms with Crippen LogP contribution in [0.4, 0.5) is 0 Å². The summed E-state index contributed by atoms with van der Waals surface area (Å²) in [4.78, 5) is 12.2. The molecule has 0 saturated carbocycles. The first-order valence-electron chi connectivity index (χ1n) is 15.1. The van der Waals surface area contributed by atoms with Crippen LogP contribution in [0.1, 0.15) is 102 Å². The molecule has 0 saturated heterocycles. The largest absolute Gasteiger partial charge is 0.225 e. The zero-order valence-electron chi connectivity index (χ0n) is 23.6. The fourth-order valence-electron chi connectivity index (χ4n) is 5.22. The summed E-state index contributed by atoms with van der Waals surface area (Å²) in [5.41, 5.74) is 5.35. The van der Waals surface area contributed by atoms with Crippen molar-refractivity contribution in [2.45, 2.75) is 104 Å². The average Bonchev–Trinajstić information content (AvgIpc) is 3.64. The van der Waals surface area contributed by atoms with Crippen LogP contribution in [0.5, 0.6) is 0 Å². The van der Waals surface area contributed by atoms with E-state index in [9.17, 15) is 0 Å². The molecule has 3 aromatic heterocycles. The fourth-order valence-corrected chi connectivity index (χ4v) is 8.88. The van der Waals surface area contributed by atoms with Crippen LogP contribution in [0, 0.1) is 0 Å². The molecule has 0 bridgehead atoms. The Labute approximate surface area is 246 Å². The number of aromatic nitrogens is 2. The molecule has 5 heteroatoms. The summed E-state index contributed by atoms with van der Waals surface area (Å²) in [7, 11) is 0. The number of hydrogen-bond donors (Lipinski definition) is 0. The second-order valence-corrected chi connectivity index (χ2v) is 13.8. The van der Waals surface area contributed by atoms with Gasteiger partial charge in [0.1, 0.15) is 19.7 Å². The van der Waals surface area contributed by atoms with Gasteiger partial charge in [-0.25, -0.2) is 9.97 Å². The van der Waals surface area contributed by atoms with Crippen molar-refractivity contribution in [1.29, 1.82) is 0 Å². The van der Waals surface area contributed by atoms with Crippen LogP contribution in [-0.4, -0.2) is 9.97 Å². The quantitative estimate of drug-likeness (QED) is 0.110. The number of benzene rings is 2. The summed E-state index contributed by atoms with van der Waals surface area (Å²) in [6.07, 6.45) is 18.6. The molecule has 0 aliphatic heterocycles. The second kappa shape index (κ2) is 14.5. The Hall–Kier alpha value is -2.08. The maximum Gasteiger partial charge on any atom is 0.138 e.